The molecule has 0 fully saturated rings. The lowest BCUT2D eigenvalue weighted by Gasteiger charge is -2.36. The Morgan fingerprint density at radius 1 is 0.702 bits per heavy atom. The smallest absolute Gasteiger partial charge is 0.340 e. The molecule has 0 amide bonds. The van der Waals surface area contributed by atoms with Crippen LogP contribution in [0.3, 0.4) is 0 Å². The van der Waals surface area contributed by atoms with Crippen LogP contribution < -0.4 is 10.2 Å². The fraction of sp³-hybridized carbons (Fsp3) is 0.487. The summed E-state index contributed by atoms with van der Waals surface area (Å²) in [5, 5.41) is 25.7. The molecule has 3 aromatic carbocycles. The molecule has 0 atom stereocenters. The summed E-state index contributed by atoms with van der Waals surface area (Å²) in [6.45, 7) is 3.22. The number of phenolic OH excluding ortho intramolecular Hbond substituents is 2. The molecule has 7 nitrogen and oxygen atoms in total. The van der Waals surface area contributed by atoms with Gasteiger partial charge in [-0.1, -0.05) is 121 Å². The second-order valence-corrected chi connectivity index (χ2v) is 12.7. The van der Waals surface area contributed by atoms with Crippen molar-refractivity contribution in [1.82, 2.24) is 5.43 Å². The fourth-order valence-electron chi connectivity index (χ4n) is 6.49. The maximum absolute atomic E-state index is 12.5. The van der Waals surface area contributed by atoms with Gasteiger partial charge in [-0.2, -0.15) is 0 Å². The van der Waals surface area contributed by atoms with Gasteiger partial charge in [-0.15, -0.1) is 5.10 Å². The second kappa shape index (κ2) is 19.1. The molecular weight excluding hydrogens is 609 g/mol. The van der Waals surface area contributed by atoms with E-state index in [0.29, 0.717) is 33.8 Å². The van der Waals surface area contributed by atoms with E-state index in [1.165, 1.54) is 127 Å². The number of esters is 1. The standard InChI is InChI=1S/C20H12O5.C19H38N2S/c21-11-5-7-15-17(9-11)24-18-10-12(22)6-8-16(18)20(15)14-4-2-1-3-13(14)19(23)25-20;1-2-3-4-5-6-7-8-9-10-11-12-13-14-15-16-17-18-20-21-19-22/h1-10,21-22H;20H,2-18H2,1H3. The molecule has 3 N–H and O–H groups in total. The van der Waals surface area contributed by atoms with E-state index in [1.807, 2.05) is 12.1 Å². The molecule has 0 aliphatic carbocycles. The molecule has 2 heterocycles. The van der Waals surface area contributed by atoms with Crippen LogP contribution in [0.5, 0.6) is 23.0 Å². The number of phenols is 2. The number of ether oxygens (including phenoxy) is 2. The van der Waals surface area contributed by atoms with Crippen molar-refractivity contribution in [2.75, 3.05) is 6.54 Å². The Labute approximate surface area is 285 Å². The van der Waals surface area contributed by atoms with Gasteiger partial charge in [0.05, 0.1) is 10.7 Å². The van der Waals surface area contributed by atoms with Crippen LogP contribution in [0, 0.1) is 0 Å². The first kappa shape index (κ1) is 36.0. The Kier molecular flexibility index (Phi) is 14.6. The molecule has 47 heavy (non-hydrogen) atoms. The minimum atomic E-state index is -1.17. The Balaban J connectivity index is 0.000000216. The van der Waals surface area contributed by atoms with Gasteiger partial charge < -0.3 is 25.1 Å². The first-order valence-corrected chi connectivity index (χ1v) is 17.9. The average Bonchev–Trinajstić information content (AvgIpc) is 3.36. The van der Waals surface area contributed by atoms with Crippen molar-refractivity contribution in [2.24, 2.45) is 5.10 Å². The van der Waals surface area contributed by atoms with Gasteiger partial charge in [0.15, 0.2) is 5.60 Å². The third-order valence-corrected chi connectivity index (χ3v) is 9.04. The van der Waals surface area contributed by atoms with Crippen molar-refractivity contribution in [3.63, 3.8) is 0 Å². The van der Waals surface area contributed by atoms with Gasteiger partial charge in [0.25, 0.3) is 0 Å². The zero-order valence-electron chi connectivity index (χ0n) is 27.8. The fourth-order valence-corrected chi connectivity index (χ4v) is 6.56. The summed E-state index contributed by atoms with van der Waals surface area (Å²) >= 11 is 4.49. The van der Waals surface area contributed by atoms with E-state index in [4.69, 9.17) is 9.47 Å². The number of carbonyl (C=O) groups is 1. The van der Waals surface area contributed by atoms with Crippen molar-refractivity contribution < 1.29 is 24.5 Å². The van der Waals surface area contributed by atoms with Gasteiger partial charge >= 0.3 is 5.97 Å². The number of nitrogens with zero attached hydrogens (tertiary/aromatic N) is 1. The van der Waals surface area contributed by atoms with E-state index in [2.05, 4.69) is 34.8 Å². The van der Waals surface area contributed by atoms with Crippen LogP contribution in [0.4, 0.5) is 0 Å². The molecule has 0 radical (unpaired) electrons. The Morgan fingerprint density at radius 3 is 1.70 bits per heavy atom. The minimum Gasteiger partial charge on any atom is -0.508 e. The van der Waals surface area contributed by atoms with Gasteiger partial charge in [0, 0.05) is 35.4 Å². The summed E-state index contributed by atoms with van der Waals surface area (Å²) in [6.07, 6.45) is 22.6. The Hall–Kier alpha value is -3.87. The molecule has 5 rings (SSSR count). The highest BCUT2D eigenvalue weighted by molar-refractivity contribution is 7.78. The lowest BCUT2D eigenvalue weighted by atomic mass is 9.77. The van der Waals surface area contributed by atoms with E-state index >= 15 is 0 Å². The van der Waals surface area contributed by atoms with Gasteiger partial charge in [0.2, 0.25) is 0 Å². The molecule has 0 unspecified atom stereocenters. The van der Waals surface area contributed by atoms with Gasteiger partial charge in [0.1, 0.15) is 23.0 Å². The largest absolute Gasteiger partial charge is 0.508 e. The number of fused-ring (bicyclic) bond motifs is 6. The number of nitrogens with one attached hydrogen (secondary N) is 1. The van der Waals surface area contributed by atoms with Crippen molar-refractivity contribution >= 4 is 23.3 Å². The summed E-state index contributed by atoms with van der Waals surface area (Å²) in [4.78, 5) is 12.5. The number of carbonyl (C=O) groups excluding carboxylic acids is 1. The SMILES string of the molecule is CCCCCCCCCCCCCCCCCCNN=C=S.O=C1OC2(c3ccc(O)cc3Oc3cc(O)ccc32)c2ccccc21. The van der Waals surface area contributed by atoms with Crippen LogP contribution >= 0.6 is 12.2 Å². The molecule has 0 saturated carbocycles. The van der Waals surface area contributed by atoms with Crippen LogP contribution in [0.2, 0.25) is 0 Å². The van der Waals surface area contributed by atoms with Crippen molar-refractivity contribution in [1.29, 1.82) is 0 Å². The quantitative estimate of drug-likeness (QED) is 0.0411. The number of rotatable bonds is 18. The second-order valence-electron chi connectivity index (χ2n) is 12.5. The van der Waals surface area contributed by atoms with E-state index in [0.717, 1.165) is 6.54 Å². The minimum absolute atomic E-state index is 0.0371. The van der Waals surface area contributed by atoms with E-state index in [9.17, 15) is 15.0 Å². The summed E-state index contributed by atoms with van der Waals surface area (Å²) in [6, 6.07) is 16.6. The maximum Gasteiger partial charge on any atom is 0.340 e. The number of aromatic hydroxyl groups is 2. The summed E-state index contributed by atoms with van der Waals surface area (Å²) in [5.74, 6) is 0.408. The first-order valence-electron chi connectivity index (χ1n) is 17.5. The molecule has 0 aromatic heterocycles. The predicted octanol–water partition coefficient (Wildman–Crippen LogP) is 10.5. The molecule has 3 aromatic rings. The first-order chi connectivity index (χ1) is 23.0. The van der Waals surface area contributed by atoms with Crippen LogP contribution in [-0.4, -0.2) is 27.9 Å². The van der Waals surface area contributed by atoms with E-state index < -0.39 is 11.6 Å². The zero-order chi connectivity index (χ0) is 33.3. The highest BCUT2D eigenvalue weighted by atomic mass is 32.1. The molecule has 0 bridgehead atoms. The Bertz CT molecular complexity index is 1430. The number of benzene rings is 3. The molecule has 2 aliphatic heterocycles. The topological polar surface area (TPSA) is 100 Å². The number of hydrogen-bond acceptors (Lipinski definition) is 8. The predicted molar refractivity (Wildman–Crippen MR) is 191 cm³/mol. The van der Waals surface area contributed by atoms with Crippen LogP contribution in [0.25, 0.3) is 0 Å². The highest BCUT2D eigenvalue weighted by Gasteiger charge is 2.53. The third kappa shape index (κ3) is 9.82. The van der Waals surface area contributed by atoms with Gasteiger partial charge in [-0.3, -0.25) is 0 Å². The van der Waals surface area contributed by atoms with Crippen LogP contribution in [0.1, 0.15) is 137 Å². The Morgan fingerprint density at radius 2 is 1.19 bits per heavy atom. The number of unbranched alkanes of at least 4 members (excludes halogenated alkanes) is 15. The van der Waals surface area contributed by atoms with Crippen molar-refractivity contribution in [3.8, 4) is 23.0 Å². The number of hydrogen-bond donors (Lipinski definition) is 3. The lowest BCUT2D eigenvalue weighted by Crippen LogP contribution is -2.32. The summed E-state index contributed by atoms with van der Waals surface area (Å²) in [5.41, 5.74) is 4.18. The molecular formula is C39H50N2O5S. The number of thiocarbonyl (C=S) groups is 1. The summed E-state index contributed by atoms with van der Waals surface area (Å²) < 4.78 is 11.8. The number of hydrazone groups is 1. The van der Waals surface area contributed by atoms with Crippen LogP contribution in [-0.2, 0) is 10.3 Å². The zero-order valence-corrected chi connectivity index (χ0v) is 28.6. The molecule has 8 heteroatoms. The molecule has 2 aliphatic rings. The maximum atomic E-state index is 12.5. The van der Waals surface area contributed by atoms with Crippen LogP contribution in [0.15, 0.2) is 65.8 Å². The van der Waals surface area contributed by atoms with Crippen molar-refractivity contribution in [3.05, 3.63) is 82.9 Å². The van der Waals surface area contributed by atoms with E-state index in [1.54, 1.807) is 24.3 Å². The number of isothiocyanates is 1. The normalized spacial score (nSPS) is 13.3. The van der Waals surface area contributed by atoms with Gasteiger partial charge in [-0.25, -0.2) is 4.79 Å². The lowest BCUT2D eigenvalue weighted by molar-refractivity contribution is 0.0224. The van der Waals surface area contributed by atoms with E-state index in [-0.39, 0.29) is 11.5 Å². The van der Waals surface area contributed by atoms with Crippen molar-refractivity contribution in [2.45, 2.75) is 115 Å². The average molecular weight is 659 g/mol. The third-order valence-electron chi connectivity index (χ3n) is 8.95. The van der Waals surface area contributed by atoms with Gasteiger partial charge in [-0.05, 0) is 49.0 Å². The monoisotopic (exact) mass is 658 g/mol. The highest BCUT2D eigenvalue weighted by Crippen LogP contribution is 2.56. The molecule has 252 valence electrons. The molecule has 0 saturated heterocycles. The molecule has 1 spiro atoms. The summed E-state index contributed by atoms with van der Waals surface area (Å²) in [7, 11) is 0.